The monoisotopic (exact) mass is 397 g/mol. The van der Waals surface area contributed by atoms with Crippen molar-refractivity contribution in [2.75, 3.05) is 12.4 Å². The van der Waals surface area contributed by atoms with Crippen LogP contribution in [0.15, 0.2) is 42.7 Å². The molecule has 0 unspecified atom stereocenters. The second-order valence-electron chi connectivity index (χ2n) is 6.18. The highest BCUT2D eigenvalue weighted by Crippen LogP contribution is 2.32. The number of hydrogen-bond acceptors (Lipinski definition) is 5. The summed E-state index contributed by atoms with van der Waals surface area (Å²) in [7, 11) is 1.43. The molecule has 0 aliphatic heterocycles. The Labute approximate surface area is 164 Å². The summed E-state index contributed by atoms with van der Waals surface area (Å²) >= 11 is 6.47. The Bertz CT molecular complexity index is 1200. The molecule has 9 heteroatoms. The van der Waals surface area contributed by atoms with Gasteiger partial charge in [0, 0.05) is 23.2 Å². The number of ether oxygens (including phenoxy) is 1. The first kappa shape index (κ1) is 17.9. The van der Waals surface area contributed by atoms with Crippen LogP contribution in [-0.4, -0.2) is 38.2 Å². The van der Waals surface area contributed by atoms with Gasteiger partial charge in [-0.2, -0.15) is 5.10 Å². The fraction of sp³-hybridized carbons (Fsp3) is 0.105. The molecule has 2 aromatic carbocycles. The van der Waals surface area contributed by atoms with Crippen molar-refractivity contribution < 1.29 is 14.6 Å². The Kier molecular flexibility index (Phi) is 4.40. The molecule has 0 bridgehead atoms. The van der Waals surface area contributed by atoms with Crippen LogP contribution in [0.3, 0.4) is 0 Å². The van der Waals surface area contributed by atoms with Crippen molar-refractivity contribution in [3.63, 3.8) is 0 Å². The van der Waals surface area contributed by atoms with Crippen molar-refractivity contribution in [1.29, 1.82) is 0 Å². The van der Waals surface area contributed by atoms with Gasteiger partial charge in [-0.3, -0.25) is 5.10 Å². The zero-order chi connectivity index (χ0) is 19.8. The number of H-pyrrole nitrogens is 1. The molecular weight excluding hydrogens is 382 g/mol. The third kappa shape index (κ3) is 3.03. The molecule has 0 spiro atoms. The Balaban J connectivity index is 1.68. The van der Waals surface area contributed by atoms with Crippen LogP contribution in [-0.2, 0) is 0 Å². The van der Waals surface area contributed by atoms with E-state index in [9.17, 15) is 9.90 Å². The van der Waals surface area contributed by atoms with Gasteiger partial charge in [-0.25, -0.2) is 9.48 Å². The van der Waals surface area contributed by atoms with E-state index in [-0.39, 0.29) is 11.3 Å². The summed E-state index contributed by atoms with van der Waals surface area (Å²) in [6, 6.07) is 8.53. The fourth-order valence-electron chi connectivity index (χ4n) is 2.92. The quantitative estimate of drug-likeness (QED) is 0.467. The molecule has 0 radical (unpaired) electrons. The number of carboxylic acid groups (broad SMARTS) is 1. The molecule has 4 aromatic rings. The van der Waals surface area contributed by atoms with Crippen molar-refractivity contribution in [3.05, 3.63) is 58.9 Å². The van der Waals surface area contributed by atoms with E-state index < -0.39 is 5.97 Å². The smallest absolute Gasteiger partial charge is 0.339 e. The summed E-state index contributed by atoms with van der Waals surface area (Å²) in [5, 5.41) is 25.3. The number of nitrogens with zero attached hydrogens (tertiary/aromatic N) is 3. The third-order valence-corrected chi connectivity index (χ3v) is 4.80. The summed E-state index contributed by atoms with van der Waals surface area (Å²) < 4.78 is 6.84. The molecule has 28 heavy (non-hydrogen) atoms. The van der Waals surface area contributed by atoms with Gasteiger partial charge in [-0.05, 0) is 31.2 Å². The first-order chi connectivity index (χ1) is 13.5. The van der Waals surface area contributed by atoms with Crippen LogP contribution in [0.25, 0.3) is 16.6 Å². The summed E-state index contributed by atoms with van der Waals surface area (Å²) in [4.78, 5) is 11.3. The van der Waals surface area contributed by atoms with E-state index in [0.29, 0.717) is 22.2 Å². The lowest BCUT2D eigenvalue weighted by Crippen LogP contribution is -2.03. The van der Waals surface area contributed by atoms with Gasteiger partial charge in [0.1, 0.15) is 11.3 Å². The van der Waals surface area contributed by atoms with Gasteiger partial charge in [0.25, 0.3) is 0 Å². The first-order valence-electron chi connectivity index (χ1n) is 8.34. The van der Waals surface area contributed by atoms with Crippen molar-refractivity contribution in [3.8, 4) is 11.4 Å². The molecule has 0 aliphatic rings. The lowest BCUT2D eigenvalue weighted by atomic mass is 10.2. The topological polar surface area (TPSA) is 105 Å². The van der Waals surface area contributed by atoms with Gasteiger partial charge in [0.15, 0.2) is 5.82 Å². The molecule has 0 saturated heterocycles. The average molecular weight is 398 g/mol. The summed E-state index contributed by atoms with van der Waals surface area (Å²) in [5.74, 6) is -0.154. The molecule has 3 N–H and O–H groups in total. The maximum Gasteiger partial charge on any atom is 0.339 e. The fourth-order valence-corrected chi connectivity index (χ4v) is 3.18. The summed E-state index contributed by atoms with van der Waals surface area (Å²) in [6.07, 6.45) is 3.51. The van der Waals surface area contributed by atoms with Crippen LogP contribution in [0.2, 0.25) is 5.02 Å². The minimum absolute atomic E-state index is 0.0914. The number of aryl methyl sites for hydroxylation is 1. The molecule has 0 atom stereocenters. The molecular formula is C19H16ClN5O3. The molecule has 0 fully saturated rings. The SMILES string of the molecule is COc1cc(-n2cc(C)c(Nc3ccc4[nH]ncc4c3Cl)n2)ccc1C(=O)O. The highest BCUT2D eigenvalue weighted by atomic mass is 35.5. The molecule has 0 saturated carbocycles. The van der Waals surface area contributed by atoms with Crippen molar-refractivity contribution in [2.45, 2.75) is 6.92 Å². The average Bonchev–Trinajstić information content (AvgIpc) is 3.30. The Hall–Kier alpha value is -3.52. The van der Waals surface area contributed by atoms with Gasteiger partial charge in [-0.1, -0.05) is 11.6 Å². The second kappa shape index (κ2) is 6.90. The number of fused-ring (bicyclic) bond motifs is 1. The van der Waals surface area contributed by atoms with Gasteiger partial charge in [0.05, 0.1) is 35.2 Å². The zero-order valence-electron chi connectivity index (χ0n) is 15.0. The number of carbonyl (C=O) groups is 1. The van der Waals surface area contributed by atoms with E-state index in [0.717, 1.165) is 16.5 Å². The maximum absolute atomic E-state index is 11.3. The number of aromatic amines is 1. The maximum atomic E-state index is 11.3. The van der Waals surface area contributed by atoms with E-state index in [1.165, 1.54) is 13.2 Å². The van der Waals surface area contributed by atoms with Crippen LogP contribution in [0, 0.1) is 6.92 Å². The molecule has 8 nitrogen and oxygen atoms in total. The van der Waals surface area contributed by atoms with E-state index >= 15 is 0 Å². The predicted octanol–water partition coefficient (Wildman–Crippen LogP) is 4.16. The van der Waals surface area contributed by atoms with Crippen LogP contribution < -0.4 is 10.1 Å². The first-order valence-corrected chi connectivity index (χ1v) is 8.72. The van der Waals surface area contributed by atoms with Crippen LogP contribution in [0.4, 0.5) is 11.5 Å². The van der Waals surface area contributed by atoms with Gasteiger partial charge >= 0.3 is 5.97 Å². The minimum atomic E-state index is -1.05. The highest BCUT2D eigenvalue weighted by molar-refractivity contribution is 6.38. The van der Waals surface area contributed by atoms with E-state index in [1.54, 1.807) is 23.0 Å². The Morgan fingerprint density at radius 2 is 2.14 bits per heavy atom. The van der Waals surface area contributed by atoms with E-state index in [2.05, 4.69) is 20.6 Å². The zero-order valence-corrected chi connectivity index (χ0v) is 15.8. The van der Waals surface area contributed by atoms with Crippen LogP contribution in [0.5, 0.6) is 5.75 Å². The molecule has 142 valence electrons. The molecule has 0 amide bonds. The number of carboxylic acids is 1. The lowest BCUT2D eigenvalue weighted by molar-refractivity contribution is 0.0693. The Morgan fingerprint density at radius 1 is 1.32 bits per heavy atom. The standard InChI is InChI=1S/C19H16ClN5O3/c1-10-9-25(11-3-4-12(19(26)27)16(7-11)28-2)24-18(10)22-15-6-5-14-13(17(15)20)8-21-23-14/h3-9H,1-2H3,(H,21,23)(H,22,24)(H,26,27). The third-order valence-electron chi connectivity index (χ3n) is 4.39. The molecule has 0 aliphatic carbocycles. The van der Waals surface area contributed by atoms with Gasteiger partial charge < -0.3 is 15.2 Å². The minimum Gasteiger partial charge on any atom is -0.496 e. The number of rotatable bonds is 5. The molecule has 4 rings (SSSR count). The van der Waals surface area contributed by atoms with E-state index in [4.69, 9.17) is 16.3 Å². The largest absolute Gasteiger partial charge is 0.496 e. The van der Waals surface area contributed by atoms with Gasteiger partial charge in [0.2, 0.25) is 0 Å². The van der Waals surface area contributed by atoms with E-state index in [1.807, 2.05) is 25.3 Å². The number of aromatic nitrogens is 4. The van der Waals surface area contributed by atoms with Crippen LogP contribution >= 0.6 is 11.6 Å². The predicted molar refractivity (Wildman–Crippen MR) is 106 cm³/mol. The highest BCUT2D eigenvalue weighted by Gasteiger charge is 2.15. The number of aromatic carboxylic acids is 1. The Morgan fingerprint density at radius 3 is 2.89 bits per heavy atom. The summed E-state index contributed by atoms with van der Waals surface area (Å²) in [5.41, 5.74) is 3.22. The number of anilines is 2. The van der Waals surface area contributed by atoms with Crippen LogP contribution in [0.1, 0.15) is 15.9 Å². The number of nitrogens with one attached hydrogen (secondary N) is 2. The number of methoxy groups -OCH3 is 1. The number of halogens is 1. The summed E-state index contributed by atoms with van der Waals surface area (Å²) in [6.45, 7) is 1.92. The van der Waals surface area contributed by atoms with Crippen molar-refractivity contribution >= 4 is 40.0 Å². The number of benzene rings is 2. The van der Waals surface area contributed by atoms with Gasteiger partial charge in [-0.15, -0.1) is 5.10 Å². The normalized spacial score (nSPS) is 11.0. The van der Waals surface area contributed by atoms with Crippen molar-refractivity contribution in [2.24, 2.45) is 0 Å². The molecule has 2 heterocycles. The second-order valence-corrected chi connectivity index (χ2v) is 6.56. The number of hydrogen-bond donors (Lipinski definition) is 3. The molecule has 2 aromatic heterocycles. The lowest BCUT2D eigenvalue weighted by Gasteiger charge is -2.09. The van der Waals surface area contributed by atoms with Crippen molar-refractivity contribution in [1.82, 2.24) is 20.0 Å².